The minimum Gasteiger partial charge on any atom is -0.444 e. The van der Waals surface area contributed by atoms with Gasteiger partial charge in [0.25, 0.3) is 5.91 Å². The Bertz CT molecular complexity index is 737. The Balaban J connectivity index is 2.01. The van der Waals surface area contributed by atoms with Crippen LogP contribution in [0.1, 0.15) is 44.0 Å². The largest absolute Gasteiger partial charge is 0.444 e. The smallest absolute Gasteiger partial charge is 0.410 e. The number of amides is 3. The van der Waals surface area contributed by atoms with Gasteiger partial charge in [-0.1, -0.05) is 6.58 Å². The van der Waals surface area contributed by atoms with E-state index in [9.17, 15) is 14.4 Å². The first kappa shape index (κ1) is 21.5. The highest BCUT2D eigenvalue weighted by molar-refractivity contribution is 5.99. The molecule has 1 aliphatic rings. The molecule has 7 heteroatoms. The fourth-order valence-electron chi connectivity index (χ4n) is 3.01. The molecule has 0 radical (unpaired) electrons. The van der Waals surface area contributed by atoms with Gasteiger partial charge >= 0.3 is 6.09 Å². The number of carbonyl (C=O) groups excluding carboxylic acids is 3. The van der Waals surface area contributed by atoms with E-state index >= 15 is 0 Å². The zero-order valence-electron chi connectivity index (χ0n) is 17.0. The van der Waals surface area contributed by atoms with Crippen LogP contribution in [-0.2, 0) is 9.53 Å². The maximum absolute atomic E-state index is 12.8. The Morgan fingerprint density at radius 2 is 1.89 bits per heavy atom. The van der Waals surface area contributed by atoms with Crippen molar-refractivity contribution in [2.45, 2.75) is 45.3 Å². The minimum absolute atomic E-state index is 0.0845. The van der Waals surface area contributed by atoms with Crippen LogP contribution < -0.4 is 5.32 Å². The lowest BCUT2D eigenvalue weighted by Gasteiger charge is -2.38. The van der Waals surface area contributed by atoms with Crippen molar-refractivity contribution in [2.24, 2.45) is 0 Å². The van der Waals surface area contributed by atoms with Crippen molar-refractivity contribution in [2.75, 3.05) is 25.5 Å². The van der Waals surface area contributed by atoms with E-state index in [1.165, 1.54) is 6.08 Å². The van der Waals surface area contributed by atoms with Crippen molar-refractivity contribution >= 4 is 23.6 Å². The van der Waals surface area contributed by atoms with Crippen LogP contribution in [0.4, 0.5) is 10.5 Å². The van der Waals surface area contributed by atoms with Gasteiger partial charge in [0.05, 0.1) is 6.04 Å². The number of nitrogens with one attached hydrogen (secondary N) is 1. The summed E-state index contributed by atoms with van der Waals surface area (Å²) in [5.74, 6) is -0.396. The summed E-state index contributed by atoms with van der Waals surface area (Å²) < 4.78 is 5.43. The van der Waals surface area contributed by atoms with Crippen molar-refractivity contribution in [1.29, 1.82) is 0 Å². The predicted octanol–water partition coefficient (Wildman–Crippen LogP) is 3.28. The van der Waals surface area contributed by atoms with Gasteiger partial charge in [0, 0.05) is 31.4 Å². The Kier molecular flexibility index (Phi) is 6.83. The lowest BCUT2D eigenvalue weighted by atomic mass is 10.0. The third-order valence-corrected chi connectivity index (χ3v) is 4.50. The number of anilines is 1. The molecule has 1 fully saturated rings. The van der Waals surface area contributed by atoms with Crippen LogP contribution >= 0.6 is 0 Å². The van der Waals surface area contributed by atoms with E-state index in [-0.39, 0.29) is 23.9 Å². The highest BCUT2D eigenvalue weighted by atomic mass is 16.6. The van der Waals surface area contributed by atoms with Gasteiger partial charge < -0.3 is 19.9 Å². The first-order valence-corrected chi connectivity index (χ1v) is 9.39. The summed E-state index contributed by atoms with van der Waals surface area (Å²) in [6.07, 6.45) is 2.45. The molecule has 28 heavy (non-hydrogen) atoms. The second-order valence-electron chi connectivity index (χ2n) is 7.91. The maximum atomic E-state index is 12.8. The fourth-order valence-corrected chi connectivity index (χ4v) is 3.01. The number of likely N-dealkylation sites (tertiary alicyclic amines) is 1. The SMILES string of the molecule is C=CC(=O)Nc1ccc(C(=O)N2CCCC(N(C)C(=O)OC(C)(C)C)C2)cc1. The first-order chi connectivity index (χ1) is 13.1. The van der Waals surface area contributed by atoms with Crippen LogP contribution in [0.25, 0.3) is 0 Å². The van der Waals surface area contributed by atoms with E-state index in [2.05, 4.69) is 11.9 Å². The average Bonchev–Trinajstić information content (AvgIpc) is 2.66. The lowest BCUT2D eigenvalue weighted by Crippen LogP contribution is -2.51. The molecule has 1 aromatic carbocycles. The van der Waals surface area contributed by atoms with Crippen molar-refractivity contribution in [1.82, 2.24) is 9.80 Å². The summed E-state index contributed by atoms with van der Waals surface area (Å²) in [6.45, 7) is 10.0. The molecule has 1 aromatic rings. The molecule has 3 amide bonds. The van der Waals surface area contributed by atoms with Gasteiger partial charge in [-0.05, 0) is 64.0 Å². The summed E-state index contributed by atoms with van der Waals surface area (Å²) in [4.78, 5) is 39.8. The highest BCUT2D eigenvalue weighted by Crippen LogP contribution is 2.20. The summed E-state index contributed by atoms with van der Waals surface area (Å²) in [7, 11) is 1.71. The molecule has 1 atom stereocenters. The third kappa shape index (κ3) is 5.84. The van der Waals surface area contributed by atoms with Crippen molar-refractivity contribution in [3.05, 3.63) is 42.5 Å². The molecular weight excluding hydrogens is 358 g/mol. The molecule has 7 nitrogen and oxygen atoms in total. The van der Waals surface area contributed by atoms with Gasteiger partial charge in [0.2, 0.25) is 5.91 Å². The van der Waals surface area contributed by atoms with Crippen LogP contribution in [0.15, 0.2) is 36.9 Å². The molecule has 0 aromatic heterocycles. The molecule has 0 saturated carbocycles. The van der Waals surface area contributed by atoms with Gasteiger partial charge in [0.15, 0.2) is 0 Å². The molecular formula is C21H29N3O4. The highest BCUT2D eigenvalue weighted by Gasteiger charge is 2.31. The summed E-state index contributed by atoms with van der Waals surface area (Å²) in [6, 6.07) is 6.65. The normalized spacial score (nSPS) is 16.9. The van der Waals surface area contributed by atoms with Crippen LogP contribution in [0.3, 0.4) is 0 Å². The number of hydrogen-bond donors (Lipinski definition) is 1. The number of nitrogens with zero attached hydrogens (tertiary/aromatic N) is 2. The molecule has 0 spiro atoms. The topological polar surface area (TPSA) is 79.0 Å². The number of hydrogen-bond acceptors (Lipinski definition) is 4. The van der Waals surface area contributed by atoms with Crippen LogP contribution in [-0.4, -0.2) is 59.5 Å². The number of likely N-dealkylation sites (N-methyl/N-ethyl adjacent to an activating group) is 1. The number of benzene rings is 1. The first-order valence-electron chi connectivity index (χ1n) is 9.39. The second-order valence-corrected chi connectivity index (χ2v) is 7.91. The van der Waals surface area contributed by atoms with E-state index in [0.717, 1.165) is 12.8 Å². The molecule has 2 rings (SSSR count). The van der Waals surface area contributed by atoms with Gasteiger partial charge in [-0.25, -0.2) is 4.79 Å². The van der Waals surface area contributed by atoms with Gasteiger partial charge in [-0.2, -0.15) is 0 Å². The quantitative estimate of drug-likeness (QED) is 0.804. The molecule has 1 aliphatic heterocycles. The van der Waals surface area contributed by atoms with Gasteiger partial charge in [-0.15, -0.1) is 0 Å². The Morgan fingerprint density at radius 3 is 2.46 bits per heavy atom. The fraction of sp³-hybridized carbons (Fsp3) is 0.476. The monoisotopic (exact) mass is 387 g/mol. The van der Waals surface area contributed by atoms with Gasteiger partial charge in [0.1, 0.15) is 5.60 Å². The third-order valence-electron chi connectivity index (χ3n) is 4.50. The molecule has 1 unspecified atom stereocenters. The van der Waals surface area contributed by atoms with Crippen LogP contribution in [0.5, 0.6) is 0 Å². The van der Waals surface area contributed by atoms with E-state index in [0.29, 0.717) is 24.3 Å². The molecule has 0 bridgehead atoms. The summed E-state index contributed by atoms with van der Waals surface area (Å²) in [5.41, 5.74) is 0.581. The van der Waals surface area contributed by atoms with Crippen LogP contribution in [0.2, 0.25) is 0 Å². The van der Waals surface area contributed by atoms with E-state index < -0.39 is 5.60 Å². The molecule has 152 valence electrons. The number of rotatable bonds is 4. The number of carbonyl (C=O) groups is 3. The van der Waals surface area contributed by atoms with Crippen molar-refractivity contribution in [3.63, 3.8) is 0 Å². The van der Waals surface area contributed by atoms with E-state index in [4.69, 9.17) is 4.74 Å². The summed E-state index contributed by atoms with van der Waals surface area (Å²) >= 11 is 0. The second kappa shape index (κ2) is 8.91. The molecule has 1 N–H and O–H groups in total. The average molecular weight is 387 g/mol. The Morgan fingerprint density at radius 1 is 1.25 bits per heavy atom. The molecule has 1 heterocycles. The molecule has 0 aliphatic carbocycles. The standard InChI is InChI=1S/C21H29N3O4/c1-6-18(25)22-16-11-9-15(10-12-16)19(26)24-13-7-8-17(14-24)23(5)20(27)28-21(2,3)4/h6,9-12,17H,1,7-8,13-14H2,2-5H3,(H,22,25). The zero-order valence-corrected chi connectivity index (χ0v) is 17.0. The van der Waals surface area contributed by atoms with Crippen molar-refractivity contribution < 1.29 is 19.1 Å². The maximum Gasteiger partial charge on any atom is 0.410 e. The van der Waals surface area contributed by atoms with E-state index in [1.54, 1.807) is 41.1 Å². The predicted molar refractivity (Wildman–Crippen MR) is 108 cm³/mol. The molecule has 1 saturated heterocycles. The van der Waals surface area contributed by atoms with E-state index in [1.807, 2.05) is 20.8 Å². The number of piperidine rings is 1. The minimum atomic E-state index is -0.557. The Labute approximate surface area is 166 Å². The summed E-state index contributed by atoms with van der Waals surface area (Å²) in [5, 5.41) is 2.65. The van der Waals surface area contributed by atoms with Crippen LogP contribution in [0, 0.1) is 0 Å². The Hall–Kier alpha value is -2.83. The zero-order chi connectivity index (χ0) is 20.9. The lowest BCUT2D eigenvalue weighted by molar-refractivity contribution is -0.111. The number of ether oxygens (including phenoxy) is 1. The van der Waals surface area contributed by atoms with Gasteiger partial charge in [-0.3, -0.25) is 9.59 Å². The van der Waals surface area contributed by atoms with Crippen molar-refractivity contribution in [3.8, 4) is 0 Å².